The Balaban J connectivity index is 1.71. The molecular weight excluding hydrogens is 236 g/mol. The van der Waals surface area contributed by atoms with Crippen LogP contribution in [0.5, 0.6) is 0 Å². The van der Waals surface area contributed by atoms with Gasteiger partial charge in [0.05, 0.1) is 6.54 Å². The van der Waals surface area contributed by atoms with Crippen LogP contribution in [0.2, 0.25) is 0 Å². The monoisotopic (exact) mass is 264 g/mol. The van der Waals surface area contributed by atoms with Crippen molar-refractivity contribution in [3.05, 3.63) is 18.2 Å². The van der Waals surface area contributed by atoms with E-state index < -0.39 is 0 Å². The molecule has 0 radical (unpaired) electrons. The topological polar surface area (TPSA) is 33.1 Å². The standard InChI is InChI=1S/C15H28N4/c1-13(6-5-7-17-15(2,3)4)19-11-10-18-9-8-16-14(18)12-19/h8-9,13,17H,5-7,10-12H2,1-4H3. The summed E-state index contributed by atoms with van der Waals surface area (Å²) in [5, 5.41) is 3.56. The molecule has 1 unspecified atom stereocenters. The number of nitrogens with one attached hydrogen (secondary N) is 1. The molecule has 2 rings (SSSR count). The van der Waals surface area contributed by atoms with Gasteiger partial charge in [-0.2, -0.15) is 0 Å². The number of rotatable bonds is 5. The fourth-order valence-electron chi connectivity index (χ4n) is 2.61. The van der Waals surface area contributed by atoms with Crippen LogP contribution in [0.15, 0.2) is 12.4 Å². The molecular formula is C15H28N4. The van der Waals surface area contributed by atoms with Crippen molar-refractivity contribution in [1.82, 2.24) is 19.8 Å². The predicted octanol–water partition coefficient (Wildman–Crippen LogP) is 2.26. The second-order valence-corrected chi connectivity index (χ2v) is 6.68. The first-order chi connectivity index (χ1) is 8.96. The van der Waals surface area contributed by atoms with E-state index in [0.717, 1.165) is 26.2 Å². The van der Waals surface area contributed by atoms with Crippen molar-refractivity contribution < 1.29 is 0 Å². The van der Waals surface area contributed by atoms with E-state index in [1.165, 1.54) is 18.7 Å². The summed E-state index contributed by atoms with van der Waals surface area (Å²) in [6.45, 7) is 13.4. The molecule has 1 N–H and O–H groups in total. The Labute approximate surface area is 117 Å². The quantitative estimate of drug-likeness (QED) is 0.828. The van der Waals surface area contributed by atoms with E-state index in [-0.39, 0.29) is 5.54 Å². The minimum atomic E-state index is 0.235. The summed E-state index contributed by atoms with van der Waals surface area (Å²) >= 11 is 0. The highest BCUT2D eigenvalue weighted by molar-refractivity contribution is 4.96. The van der Waals surface area contributed by atoms with Crippen LogP contribution in [0.1, 0.15) is 46.4 Å². The van der Waals surface area contributed by atoms with Crippen molar-refractivity contribution >= 4 is 0 Å². The predicted molar refractivity (Wildman–Crippen MR) is 79.1 cm³/mol. The summed E-state index contributed by atoms with van der Waals surface area (Å²) in [5.74, 6) is 1.21. The molecule has 0 amide bonds. The lowest BCUT2D eigenvalue weighted by Crippen LogP contribution is -2.41. The van der Waals surface area contributed by atoms with E-state index in [1.54, 1.807) is 0 Å². The van der Waals surface area contributed by atoms with Crippen molar-refractivity contribution in [3.63, 3.8) is 0 Å². The SMILES string of the molecule is CC(CCCNC(C)(C)C)N1CCn2ccnc2C1. The zero-order valence-corrected chi connectivity index (χ0v) is 12.8. The Morgan fingerprint density at radius 2 is 2.16 bits per heavy atom. The van der Waals surface area contributed by atoms with Gasteiger partial charge in [-0.05, 0) is 47.1 Å². The summed E-state index contributed by atoms with van der Waals surface area (Å²) < 4.78 is 2.27. The molecule has 1 aliphatic heterocycles. The number of hydrogen-bond donors (Lipinski definition) is 1. The van der Waals surface area contributed by atoms with Gasteiger partial charge in [0.25, 0.3) is 0 Å². The van der Waals surface area contributed by atoms with Crippen LogP contribution in [0.4, 0.5) is 0 Å². The third-order valence-electron chi connectivity index (χ3n) is 3.85. The first kappa shape index (κ1) is 14.5. The maximum absolute atomic E-state index is 4.43. The highest BCUT2D eigenvalue weighted by Gasteiger charge is 2.20. The van der Waals surface area contributed by atoms with Gasteiger partial charge in [0.1, 0.15) is 5.82 Å². The summed E-state index contributed by atoms with van der Waals surface area (Å²) in [5.41, 5.74) is 0.235. The second-order valence-electron chi connectivity index (χ2n) is 6.68. The van der Waals surface area contributed by atoms with Gasteiger partial charge in [-0.3, -0.25) is 4.90 Å². The molecule has 19 heavy (non-hydrogen) atoms. The molecule has 0 bridgehead atoms. The first-order valence-corrected chi connectivity index (χ1v) is 7.45. The normalized spacial score (nSPS) is 18.3. The molecule has 1 aliphatic rings. The number of hydrogen-bond acceptors (Lipinski definition) is 3. The van der Waals surface area contributed by atoms with Crippen LogP contribution >= 0.6 is 0 Å². The Bertz CT molecular complexity index is 391. The van der Waals surface area contributed by atoms with Crippen LogP contribution in [0, 0.1) is 0 Å². The van der Waals surface area contributed by atoms with Gasteiger partial charge < -0.3 is 9.88 Å². The molecule has 0 saturated carbocycles. The van der Waals surface area contributed by atoms with Crippen LogP contribution < -0.4 is 5.32 Å². The van der Waals surface area contributed by atoms with Crippen LogP contribution in [0.3, 0.4) is 0 Å². The van der Waals surface area contributed by atoms with Gasteiger partial charge in [-0.25, -0.2) is 4.98 Å². The van der Waals surface area contributed by atoms with E-state index in [0.29, 0.717) is 6.04 Å². The number of imidazole rings is 1. The smallest absolute Gasteiger partial charge is 0.122 e. The van der Waals surface area contributed by atoms with Crippen LogP contribution in [-0.4, -0.2) is 39.1 Å². The number of fused-ring (bicyclic) bond motifs is 1. The molecule has 0 aromatic carbocycles. The summed E-state index contributed by atoms with van der Waals surface area (Å²) in [6.07, 6.45) is 6.49. The molecule has 2 heterocycles. The molecule has 0 spiro atoms. The van der Waals surface area contributed by atoms with Gasteiger partial charge in [0.15, 0.2) is 0 Å². The van der Waals surface area contributed by atoms with E-state index in [4.69, 9.17) is 0 Å². The fraction of sp³-hybridized carbons (Fsp3) is 0.800. The van der Waals surface area contributed by atoms with Crippen molar-refractivity contribution in [2.45, 2.75) is 65.2 Å². The molecule has 1 aromatic heterocycles. The molecule has 4 nitrogen and oxygen atoms in total. The van der Waals surface area contributed by atoms with Gasteiger partial charge in [0, 0.05) is 37.1 Å². The van der Waals surface area contributed by atoms with Crippen LogP contribution in [-0.2, 0) is 13.1 Å². The van der Waals surface area contributed by atoms with E-state index >= 15 is 0 Å². The molecule has 0 saturated heterocycles. The molecule has 108 valence electrons. The lowest BCUT2D eigenvalue weighted by Gasteiger charge is -2.33. The van der Waals surface area contributed by atoms with Gasteiger partial charge in [0.2, 0.25) is 0 Å². The average Bonchev–Trinajstić information content (AvgIpc) is 2.80. The third kappa shape index (κ3) is 4.32. The number of aromatic nitrogens is 2. The Kier molecular flexibility index (Phi) is 4.63. The molecule has 0 fully saturated rings. The van der Waals surface area contributed by atoms with E-state index in [2.05, 4.69) is 53.7 Å². The largest absolute Gasteiger partial charge is 0.333 e. The highest BCUT2D eigenvalue weighted by atomic mass is 15.2. The summed E-state index contributed by atoms with van der Waals surface area (Å²) in [7, 11) is 0. The minimum absolute atomic E-state index is 0.235. The summed E-state index contributed by atoms with van der Waals surface area (Å²) in [4.78, 5) is 6.98. The van der Waals surface area contributed by atoms with Crippen molar-refractivity contribution in [3.8, 4) is 0 Å². The summed E-state index contributed by atoms with van der Waals surface area (Å²) in [6, 6.07) is 0.646. The first-order valence-electron chi connectivity index (χ1n) is 7.45. The van der Waals surface area contributed by atoms with Gasteiger partial charge >= 0.3 is 0 Å². The maximum atomic E-state index is 4.43. The van der Waals surface area contributed by atoms with E-state index in [9.17, 15) is 0 Å². The minimum Gasteiger partial charge on any atom is -0.333 e. The van der Waals surface area contributed by atoms with Crippen molar-refractivity contribution in [1.29, 1.82) is 0 Å². The van der Waals surface area contributed by atoms with Crippen molar-refractivity contribution in [2.75, 3.05) is 13.1 Å². The Hall–Kier alpha value is -0.870. The fourth-order valence-corrected chi connectivity index (χ4v) is 2.61. The van der Waals surface area contributed by atoms with E-state index in [1.807, 2.05) is 6.20 Å². The molecule has 1 atom stereocenters. The lowest BCUT2D eigenvalue weighted by molar-refractivity contribution is 0.153. The maximum Gasteiger partial charge on any atom is 0.122 e. The number of nitrogens with zero attached hydrogens (tertiary/aromatic N) is 3. The third-order valence-corrected chi connectivity index (χ3v) is 3.85. The zero-order chi connectivity index (χ0) is 13.9. The lowest BCUT2D eigenvalue weighted by atomic mass is 10.1. The Morgan fingerprint density at radius 1 is 1.37 bits per heavy atom. The highest BCUT2D eigenvalue weighted by Crippen LogP contribution is 2.15. The Morgan fingerprint density at radius 3 is 2.89 bits per heavy atom. The zero-order valence-electron chi connectivity index (χ0n) is 12.8. The molecule has 1 aromatic rings. The average molecular weight is 264 g/mol. The van der Waals surface area contributed by atoms with Crippen molar-refractivity contribution in [2.24, 2.45) is 0 Å². The second kappa shape index (κ2) is 6.06. The molecule has 4 heteroatoms. The van der Waals surface area contributed by atoms with Gasteiger partial charge in [-0.1, -0.05) is 0 Å². The molecule has 0 aliphatic carbocycles. The van der Waals surface area contributed by atoms with Crippen LogP contribution in [0.25, 0.3) is 0 Å². The van der Waals surface area contributed by atoms with Gasteiger partial charge in [-0.15, -0.1) is 0 Å².